The zero-order valence-electron chi connectivity index (χ0n) is 29.0. The molecular formula is C41H41N3O7. The van der Waals surface area contributed by atoms with Crippen LogP contribution in [0.15, 0.2) is 109 Å². The highest BCUT2D eigenvalue weighted by molar-refractivity contribution is 5.94. The highest BCUT2D eigenvalue weighted by atomic mass is 16.6. The number of carbonyl (C=O) groups excluding carboxylic acids is 3. The van der Waals surface area contributed by atoms with Gasteiger partial charge in [0.05, 0.1) is 5.52 Å². The third-order valence-electron chi connectivity index (χ3n) is 9.11. The van der Waals surface area contributed by atoms with E-state index in [9.17, 15) is 24.3 Å². The molecule has 5 aromatic rings. The van der Waals surface area contributed by atoms with Crippen molar-refractivity contribution in [3.63, 3.8) is 0 Å². The number of alkyl carbamates (subject to hydrolysis) is 1. The summed E-state index contributed by atoms with van der Waals surface area (Å²) in [5.41, 5.74) is 5.38. The van der Waals surface area contributed by atoms with Crippen LogP contribution in [0.25, 0.3) is 22.0 Å². The lowest BCUT2D eigenvalue weighted by molar-refractivity contribution is -0.149. The fraction of sp³-hybridized carbons (Fsp3) is 0.268. The Morgan fingerprint density at radius 2 is 1.41 bits per heavy atom. The average molecular weight is 688 g/mol. The maximum Gasteiger partial charge on any atom is 0.419 e. The summed E-state index contributed by atoms with van der Waals surface area (Å²) >= 11 is 0. The maximum atomic E-state index is 14.3. The monoisotopic (exact) mass is 687 g/mol. The van der Waals surface area contributed by atoms with Crippen molar-refractivity contribution < 1.29 is 33.8 Å². The number of aliphatic carboxylic acids is 1. The molecule has 262 valence electrons. The third-order valence-corrected chi connectivity index (χ3v) is 9.11. The van der Waals surface area contributed by atoms with E-state index in [-0.39, 0.29) is 25.4 Å². The number of benzene rings is 4. The minimum atomic E-state index is -1.24. The van der Waals surface area contributed by atoms with Crippen LogP contribution in [0.4, 0.5) is 9.59 Å². The van der Waals surface area contributed by atoms with E-state index in [0.717, 1.165) is 32.7 Å². The van der Waals surface area contributed by atoms with E-state index < -0.39 is 41.7 Å². The van der Waals surface area contributed by atoms with Crippen LogP contribution in [0.1, 0.15) is 48.9 Å². The topological polar surface area (TPSA) is 127 Å². The van der Waals surface area contributed by atoms with Gasteiger partial charge >= 0.3 is 18.2 Å². The number of carboxylic acid groups (broad SMARTS) is 1. The van der Waals surface area contributed by atoms with Crippen molar-refractivity contribution in [2.24, 2.45) is 0 Å². The van der Waals surface area contributed by atoms with Crippen molar-refractivity contribution >= 4 is 35.0 Å². The summed E-state index contributed by atoms with van der Waals surface area (Å²) in [4.78, 5) is 54.7. The first-order valence-electron chi connectivity index (χ1n) is 16.9. The number of hydrogen-bond acceptors (Lipinski definition) is 6. The third kappa shape index (κ3) is 7.65. The van der Waals surface area contributed by atoms with E-state index >= 15 is 0 Å². The van der Waals surface area contributed by atoms with Gasteiger partial charge in [-0.3, -0.25) is 9.36 Å². The number of nitrogens with zero attached hydrogens (tertiary/aromatic N) is 2. The van der Waals surface area contributed by atoms with Gasteiger partial charge in [0.2, 0.25) is 5.91 Å². The Bertz CT molecular complexity index is 2040. The summed E-state index contributed by atoms with van der Waals surface area (Å²) in [5, 5.41) is 13.6. The first-order valence-corrected chi connectivity index (χ1v) is 16.9. The number of carbonyl (C=O) groups is 4. The van der Waals surface area contributed by atoms with Gasteiger partial charge in [0.1, 0.15) is 24.3 Å². The first kappa shape index (κ1) is 34.9. The summed E-state index contributed by atoms with van der Waals surface area (Å²) in [5.74, 6) is -2.01. The Balaban J connectivity index is 1.29. The molecule has 0 saturated heterocycles. The molecule has 0 aliphatic heterocycles. The Morgan fingerprint density at radius 1 is 0.824 bits per heavy atom. The quantitative estimate of drug-likeness (QED) is 0.161. The number of likely N-dealkylation sites (N-methyl/N-ethyl adjacent to an activating group) is 1. The molecule has 6 rings (SSSR count). The van der Waals surface area contributed by atoms with Gasteiger partial charge in [0.15, 0.2) is 0 Å². The summed E-state index contributed by atoms with van der Waals surface area (Å²) < 4.78 is 12.8. The number of fused-ring (bicyclic) bond motifs is 4. The molecule has 0 saturated carbocycles. The molecular weight excluding hydrogens is 646 g/mol. The SMILES string of the molecule is CN(C(=O)[C@H](Cc1cn(C(=O)OC(C)(C)C)c2ccccc12)NC(=O)OCC1c2ccccc2-c2ccccc21)[C@@H](Cc1ccccc1)C(=O)O. The Kier molecular flexibility index (Phi) is 9.95. The van der Waals surface area contributed by atoms with Gasteiger partial charge in [-0.2, -0.15) is 0 Å². The van der Waals surface area contributed by atoms with Gasteiger partial charge in [-0.05, 0) is 60.2 Å². The van der Waals surface area contributed by atoms with Gasteiger partial charge in [-0.15, -0.1) is 0 Å². The molecule has 4 aromatic carbocycles. The first-order chi connectivity index (χ1) is 24.4. The Hall–Kier alpha value is -5.90. The smallest absolute Gasteiger partial charge is 0.419 e. The van der Waals surface area contributed by atoms with Crippen LogP contribution in [0.2, 0.25) is 0 Å². The Labute approximate surface area is 296 Å². The van der Waals surface area contributed by atoms with Crippen LogP contribution in [0, 0.1) is 0 Å². The maximum absolute atomic E-state index is 14.3. The van der Waals surface area contributed by atoms with Crippen molar-refractivity contribution in [3.05, 3.63) is 132 Å². The summed E-state index contributed by atoms with van der Waals surface area (Å²) in [6.07, 6.45) is 0.185. The lowest BCUT2D eigenvalue weighted by atomic mass is 9.98. The normalized spacial score (nSPS) is 13.5. The number of para-hydroxylation sites is 1. The molecule has 1 aliphatic carbocycles. The molecule has 0 spiro atoms. The number of hydrogen-bond donors (Lipinski definition) is 2. The second-order valence-electron chi connectivity index (χ2n) is 13.7. The molecule has 2 N–H and O–H groups in total. The lowest BCUT2D eigenvalue weighted by Gasteiger charge is -2.29. The minimum Gasteiger partial charge on any atom is -0.480 e. The fourth-order valence-electron chi connectivity index (χ4n) is 6.70. The largest absolute Gasteiger partial charge is 0.480 e. The van der Waals surface area contributed by atoms with E-state index in [2.05, 4.69) is 5.32 Å². The summed E-state index contributed by atoms with van der Waals surface area (Å²) in [6.45, 7) is 5.35. The van der Waals surface area contributed by atoms with Crippen LogP contribution in [0.5, 0.6) is 0 Å². The molecule has 0 fully saturated rings. The van der Waals surface area contributed by atoms with E-state index in [1.54, 1.807) is 63.4 Å². The standard InChI is InChI=1S/C41H41N3O7/c1-41(2,3)51-40(49)44-24-27(28-16-12-13-21-35(28)44)23-34(37(45)43(4)36(38(46)47)22-26-14-6-5-7-15-26)42-39(48)50-25-33-31-19-10-8-17-29(31)30-18-9-11-20-32(30)33/h5-21,24,33-34,36H,22-23,25H2,1-4H3,(H,42,48)(H,46,47)/t34-,36-/m0/s1. The van der Waals surface area contributed by atoms with Crippen LogP contribution in [0.3, 0.4) is 0 Å². The number of aromatic nitrogens is 1. The van der Waals surface area contributed by atoms with Crippen molar-refractivity contribution in [2.75, 3.05) is 13.7 Å². The van der Waals surface area contributed by atoms with Gasteiger partial charge < -0.3 is 24.8 Å². The number of amides is 2. The number of nitrogens with one attached hydrogen (secondary N) is 1. The van der Waals surface area contributed by atoms with Crippen molar-refractivity contribution in [2.45, 2.75) is 57.2 Å². The number of carboxylic acids is 1. The molecule has 1 heterocycles. The molecule has 51 heavy (non-hydrogen) atoms. The predicted octanol–water partition coefficient (Wildman–Crippen LogP) is 7.03. The second kappa shape index (κ2) is 14.5. The van der Waals surface area contributed by atoms with E-state index in [1.807, 2.05) is 66.7 Å². The van der Waals surface area contributed by atoms with Gasteiger partial charge in [0.25, 0.3) is 0 Å². The lowest BCUT2D eigenvalue weighted by Crippen LogP contribution is -2.53. The Morgan fingerprint density at radius 3 is 2.04 bits per heavy atom. The number of ether oxygens (including phenoxy) is 2. The van der Waals surface area contributed by atoms with Gasteiger partial charge in [0, 0.05) is 37.4 Å². The van der Waals surface area contributed by atoms with Crippen LogP contribution in [-0.2, 0) is 31.9 Å². The highest BCUT2D eigenvalue weighted by Crippen LogP contribution is 2.44. The zero-order chi connectivity index (χ0) is 36.3. The highest BCUT2D eigenvalue weighted by Gasteiger charge is 2.35. The summed E-state index contributed by atoms with van der Waals surface area (Å²) in [6, 6.07) is 29.7. The summed E-state index contributed by atoms with van der Waals surface area (Å²) in [7, 11) is 1.42. The molecule has 1 aromatic heterocycles. The zero-order valence-corrected chi connectivity index (χ0v) is 29.0. The van der Waals surface area contributed by atoms with Crippen LogP contribution in [-0.4, -0.2) is 70.0 Å². The predicted molar refractivity (Wildman–Crippen MR) is 194 cm³/mol. The van der Waals surface area contributed by atoms with Gasteiger partial charge in [-0.25, -0.2) is 14.4 Å². The van der Waals surface area contributed by atoms with Crippen LogP contribution < -0.4 is 5.32 Å². The van der Waals surface area contributed by atoms with Crippen molar-refractivity contribution in [1.82, 2.24) is 14.8 Å². The molecule has 1 aliphatic rings. The molecule has 2 amide bonds. The molecule has 0 radical (unpaired) electrons. The average Bonchev–Trinajstić information content (AvgIpc) is 3.64. The second-order valence-corrected chi connectivity index (χ2v) is 13.7. The van der Waals surface area contributed by atoms with Crippen molar-refractivity contribution in [3.8, 4) is 11.1 Å². The molecule has 2 atom stereocenters. The van der Waals surface area contributed by atoms with E-state index in [0.29, 0.717) is 16.5 Å². The van der Waals surface area contributed by atoms with Gasteiger partial charge in [-0.1, -0.05) is 97.1 Å². The minimum absolute atomic E-state index is 0.0281. The van der Waals surface area contributed by atoms with Crippen molar-refractivity contribution in [1.29, 1.82) is 0 Å². The molecule has 10 heteroatoms. The van der Waals surface area contributed by atoms with E-state index in [4.69, 9.17) is 9.47 Å². The fourth-order valence-corrected chi connectivity index (χ4v) is 6.70. The number of rotatable bonds is 10. The van der Waals surface area contributed by atoms with E-state index in [1.165, 1.54) is 11.6 Å². The molecule has 0 bridgehead atoms. The van der Waals surface area contributed by atoms with Crippen LogP contribution >= 0.6 is 0 Å². The molecule has 0 unspecified atom stereocenters. The molecule has 10 nitrogen and oxygen atoms in total.